The Labute approximate surface area is 183 Å². The topological polar surface area (TPSA) is 87.7 Å². The summed E-state index contributed by atoms with van der Waals surface area (Å²) in [5, 5.41) is 10.4. The van der Waals surface area contributed by atoms with Gasteiger partial charge in [0.1, 0.15) is 34.7 Å². The zero-order valence-corrected chi connectivity index (χ0v) is 17.7. The number of amidine groups is 1. The number of H-pyrrole nitrogens is 1. The van der Waals surface area contributed by atoms with Crippen molar-refractivity contribution in [2.75, 3.05) is 43.6 Å². The van der Waals surface area contributed by atoms with Gasteiger partial charge >= 0.3 is 0 Å². The van der Waals surface area contributed by atoms with Gasteiger partial charge in [-0.2, -0.15) is 5.10 Å². The van der Waals surface area contributed by atoms with Crippen molar-refractivity contribution in [3.63, 3.8) is 0 Å². The largest absolute Gasteiger partial charge is 0.382 e. The van der Waals surface area contributed by atoms with Crippen LogP contribution in [0.15, 0.2) is 35.5 Å². The van der Waals surface area contributed by atoms with Gasteiger partial charge in [0.2, 0.25) is 0 Å². The second-order valence-corrected chi connectivity index (χ2v) is 7.71. The molecule has 2 aromatic heterocycles. The fraction of sp³-hybridized carbons (Fsp3) is 0.318. The predicted molar refractivity (Wildman–Crippen MR) is 117 cm³/mol. The molecule has 8 nitrogen and oxygen atoms in total. The Balaban J connectivity index is 1.58. The minimum absolute atomic E-state index is 0.0466. The average Bonchev–Trinajstić information content (AvgIpc) is 3.05. The van der Waals surface area contributed by atoms with Gasteiger partial charge in [0.15, 0.2) is 0 Å². The van der Waals surface area contributed by atoms with E-state index in [1.165, 1.54) is 18.2 Å². The first-order chi connectivity index (χ1) is 15.5. The molecule has 0 unspecified atom stereocenters. The van der Waals surface area contributed by atoms with Gasteiger partial charge in [-0.15, -0.1) is 0 Å². The summed E-state index contributed by atoms with van der Waals surface area (Å²) >= 11 is 0. The van der Waals surface area contributed by atoms with Crippen LogP contribution in [0.4, 0.5) is 26.0 Å². The number of aromatic amines is 1. The highest BCUT2D eigenvalue weighted by atomic mass is 19.1. The van der Waals surface area contributed by atoms with Crippen molar-refractivity contribution < 1.29 is 18.3 Å². The Bertz CT molecular complexity index is 1170. The van der Waals surface area contributed by atoms with Crippen LogP contribution in [0.2, 0.25) is 0 Å². The van der Waals surface area contributed by atoms with Crippen LogP contribution in [0.1, 0.15) is 11.3 Å². The number of rotatable bonds is 4. The molecule has 32 heavy (non-hydrogen) atoms. The molecule has 1 atom stereocenters. The van der Waals surface area contributed by atoms with Crippen LogP contribution in [0.3, 0.4) is 0 Å². The van der Waals surface area contributed by atoms with E-state index in [2.05, 4.69) is 30.4 Å². The number of methoxy groups -OCH3 is 1. The average molecular weight is 440 g/mol. The van der Waals surface area contributed by atoms with Crippen molar-refractivity contribution in [1.29, 1.82) is 0 Å². The van der Waals surface area contributed by atoms with Gasteiger partial charge in [0, 0.05) is 25.8 Å². The van der Waals surface area contributed by atoms with Crippen LogP contribution in [0.25, 0.3) is 11.3 Å². The zero-order valence-electron chi connectivity index (χ0n) is 17.7. The number of nitrogens with zero attached hydrogens (tertiary/aromatic N) is 4. The van der Waals surface area contributed by atoms with Gasteiger partial charge in [0.25, 0.3) is 0 Å². The molecule has 1 saturated heterocycles. The number of anilines is 2. The summed E-state index contributed by atoms with van der Waals surface area (Å²) in [5.41, 5.74) is 2.86. The van der Waals surface area contributed by atoms with Crippen LogP contribution in [-0.2, 0) is 9.47 Å². The lowest BCUT2D eigenvalue weighted by Gasteiger charge is -2.33. The van der Waals surface area contributed by atoms with Crippen molar-refractivity contribution in [2.24, 2.45) is 4.99 Å². The minimum atomic E-state index is -0.704. The molecule has 166 valence electrons. The van der Waals surface area contributed by atoms with E-state index < -0.39 is 11.6 Å². The third kappa shape index (κ3) is 3.61. The second kappa shape index (κ2) is 8.29. The van der Waals surface area contributed by atoms with E-state index >= 15 is 0 Å². The van der Waals surface area contributed by atoms with Gasteiger partial charge in [0.05, 0.1) is 42.5 Å². The molecule has 10 heteroatoms. The van der Waals surface area contributed by atoms with Crippen molar-refractivity contribution in [1.82, 2.24) is 15.2 Å². The molecule has 3 aromatic rings. The Morgan fingerprint density at radius 1 is 1.28 bits per heavy atom. The molecule has 5 rings (SSSR count). The molecule has 1 aromatic carbocycles. The fourth-order valence-corrected chi connectivity index (χ4v) is 3.98. The first-order valence-corrected chi connectivity index (χ1v) is 10.3. The van der Waals surface area contributed by atoms with Crippen molar-refractivity contribution in [3.05, 3.63) is 53.4 Å². The summed E-state index contributed by atoms with van der Waals surface area (Å²) < 4.78 is 40.0. The van der Waals surface area contributed by atoms with Crippen LogP contribution in [0.5, 0.6) is 0 Å². The molecule has 1 fully saturated rings. The molecule has 0 aliphatic carbocycles. The maximum Gasteiger partial charge on any atom is 0.144 e. The highest BCUT2D eigenvalue weighted by Gasteiger charge is 2.27. The Morgan fingerprint density at radius 3 is 2.88 bits per heavy atom. The Hall–Kier alpha value is -3.37. The number of fused-ring (bicyclic) bond motifs is 3. The number of ether oxygens (including phenoxy) is 2. The standard InChI is InChI=1S/C22H22F2N6O2/c1-12-20-21(29-28-12)14-8-18(30-6-7-32-13(10-30)11-31-2)25-9-17(14)26-22(27-20)19-15(23)4-3-5-16(19)24/h3-5,8-9,13H,6-7,10-11H2,1-2H3,(H,26,27)(H,28,29)/t13-/m1/s1. The number of morpholine rings is 1. The number of benzene rings is 1. The Kier molecular flexibility index (Phi) is 5.32. The number of pyridine rings is 1. The highest BCUT2D eigenvalue weighted by Crippen LogP contribution is 2.40. The van der Waals surface area contributed by atoms with Crippen LogP contribution < -0.4 is 10.2 Å². The van der Waals surface area contributed by atoms with Gasteiger partial charge in [-0.1, -0.05) is 6.07 Å². The van der Waals surface area contributed by atoms with Crippen molar-refractivity contribution in [3.8, 4) is 11.3 Å². The minimum Gasteiger partial charge on any atom is -0.382 e. The van der Waals surface area contributed by atoms with E-state index in [4.69, 9.17) is 9.47 Å². The van der Waals surface area contributed by atoms with Gasteiger partial charge in [-0.3, -0.25) is 5.10 Å². The molecule has 4 heterocycles. The normalized spacial score (nSPS) is 17.8. The zero-order chi connectivity index (χ0) is 22.2. The van der Waals surface area contributed by atoms with Gasteiger partial charge < -0.3 is 19.7 Å². The van der Waals surface area contributed by atoms with E-state index in [9.17, 15) is 8.78 Å². The summed E-state index contributed by atoms with van der Waals surface area (Å²) in [6.45, 7) is 4.21. The smallest absolute Gasteiger partial charge is 0.144 e. The molecule has 2 aliphatic heterocycles. The van der Waals surface area contributed by atoms with Crippen LogP contribution in [-0.4, -0.2) is 60.5 Å². The summed E-state index contributed by atoms with van der Waals surface area (Å²) in [5.74, 6) is -0.595. The lowest BCUT2D eigenvalue weighted by molar-refractivity contribution is -0.0102. The van der Waals surface area contributed by atoms with E-state index in [0.717, 1.165) is 11.4 Å². The molecule has 2 N–H and O–H groups in total. The number of aromatic nitrogens is 3. The third-order valence-corrected chi connectivity index (χ3v) is 5.55. The lowest BCUT2D eigenvalue weighted by atomic mass is 10.1. The molecule has 0 saturated carbocycles. The van der Waals surface area contributed by atoms with Crippen LogP contribution >= 0.6 is 0 Å². The van der Waals surface area contributed by atoms with Gasteiger partial charge in [-0.25, -0.2) is 18.8 Å². The number of halogens is 2. The van der Waals surface area contributed by atoms with Crippen LogP contribution in [0, 0.1) is 18.6 Å². The van der Waals surface area contributed by atoms with Crippen molar-refractivity contribution >= 4 is 23.0 Å². The number of hydrogen-bond acceptors (Lipinski definition) is 7. The lowest BCUT2D eigenvalue weighted by Crippen LogP contribution is -2.44. The quantitative estimate of drug-likeness (QED) is 0.647. The van der Waals surface area contributed by atoms with E-state index in [1.54, 1.807) is 13.3 Å². The first-order valence-electron chi connectivity index (χ1n) is 10.3. The monoisotopic (exact) mass is 440 g/mol. The second-order valence-electron chi connectivity index (χ2n) is 7.71. The maximum absolute atomic E-state index is 14.5. The van der Waals surface area contributed by atoms with E-state index in [1.807, 2.05) is 13.0 Å². The molecule has 0 spiro atoms. The number of aliphatic imine (C=N–C) groups is 1. The maximum atomic E-state index is 14.5. The predicted octanol–water partition coefficient (Wildman–Crippen LogP) is 3.41. The Morgan fingerprint density at radius 2 is 2.09 bits per heavy atom. The molecule has 2 aliphatic rings. The van der Waals surface area contributed by atoms with E-state index in [0.29, 0.717) is 49.1 Å². The van der Waals surface area contributed by atoms with E-state index in [-0.39, 0.29) is 17.5 Å². The number of nitrogens with one attached hydrogen (secondary N) is 2. The number of aryl methyl sites for hydroxylation is 1. The number of hydrogen-bond donors (Lipinski definition) is 2. The third-order valence-electron chi connectivity index (χ3n) is 5.55. The summed E-state index contributed by atoms with van der Waals surface area (Å²) in [4.78, 5) is 11.2. The summed E-state index contributed by atoms with van der Waals surface area (Å²) in [6, 6.07) is 5.63. The first kappa shape index (κ1) is 20.5. The fourth-order valence-electron chi connectivity index (χ4n) is 3.98. The molecule has 0 bridgehead atoms. The summed E-state index contributed by atoms with van der Waals surface area (Å²) in [7, 11) is 1.64. The SMILES string of the molecule is COC[C@H]1CN(c2cc3c(cn2)NC(c2c(F)cccc2F)=Nc2c-3n[nH]c2C)CCO1. The molecule has 0 radical (unpaired) electrons. The summed E-state index contributed by atoms with van der Waals surface area (Å²) in [6.07, 6.45) is 1.59. The molecular formula is C22H22F2N6O2. The van der Waals surface area contributed by atoms with Crippen molar-refractivity contribution in [2.45, 2.75) is 13.0 Å². The molecular weight excluding hydrogens is 418 g/mol. The van der Waals surface area contributed by atoms with Gasteiger partial charge in [-0.05, 0) is 25.1 Å². The molecule has 0 amide bonds. The highest BCUT2D eigenvalue weighted by molar-refractivity contribution is 6.13.